The Morgan fingerprint density at radius 1 is 1.18 bits per heavy atom. The molecular weight excluding hydrogens is 451 g/mol. The van der Waals surface area contributed by atoms with Gasteiger partial charge in [-0.15, -0.1) is 0 Å². The highest BCUT2D eigenvalue weighted by molar-refractivity contribution is 6.43. The molecule has 1 aromatic heterocycles. The van der Waals surface area contributed by atoms with Crippen LogP contribution < -0.4 is 10.6 Å². The van der Waals surface area contributed by atoms with E-state index in [9.17, 15) is 36.3 Å². The first kappa shape index (κ1) is 25.5. The van der Waals surface area contributed by atoms with Gasteiger partial charge in [0.15, 0.2) is 5.82 Å². The number of nitrogens with zero attached hydrogens (tertiary/aromatic N) is 2. The van der Waals surface area contributed by atoms with Gasteiger partial charge in [-0.25, -0.2) is 8.78 Å². The number of ketones is 1. The fraction of sp³-hybridized carbons (Fsp3) is 0.333. The Kier molecular flexibility index (Phi) is 7.58. The lowest BCUT2D eigenvalue weighted by atomic mass is 9.95. The number of carbonyl (C=O) groups excluding carboxylic acids is 3. The highest BCUT2D eigenvalue weighted by Gasteiger charge is 2.39. The van der Waals surface area contributed by atoms with Gasteiger partial charge in [0.05, 0.1) is 17.0 Å². The number of rotatable bonds is 7. The molecular formula is C21H19F5N4O3. The second kappa shape index (κ2) is 9.81. The van der Waals surface area contributed by atoms with Crippen molar-refractivity contribution >= 4 is 23.3 Å². The van der Waals surface area contributed by atoms with Crippen LogP contribution >= 0.6 is 0 Å². The average Bonchev–Trinajstić information content (AvgIpc) is 3.05. The van der Waals surface area contributed by atoms with E-state index in [0.29, 0.717) is 0 Å². The fourth-order valence-corrected chi connectivity index (χ4v) is 2.85. The van der Waals surface area contributed by atoms with Crippen LogP contribution in [0.5, 0.6) is 0 Å². The van der Waals surface area contributed by atoms with Gasteiger partial charge in [0.2, 0.25) is 0 Å². The predicted molar refractivity (Wildman–Crippen MR) is 106 cm³/mol. The first-order valence-corrected chi connectivity index (χ1v) is 9.53. The summed E-state index contributed by atoms with van der Waals surface area (Å²) in [5.74, 6) is -8.68. The molecule has 1 aromatic carbocycles. The van der Waals surface area contributed by atoms with Crippen molar-refractivity contribution in [1.29, 1.82) is 5.26 Å². The Morgan fingerprint density at radius 3 is 2.39 bits per heavy atom. The zero-order valence-corrected chi connectivity index (χ0v) is 17.7. The van der Waals surface area contributed by atoms with Crippen LogP contribution in [0.2, 0.25) is 0 Å². The Bertz CT molecular complexity index is 1130. The molecule has 0 saturated carbocycles. The lowest BCUT2D eigenvalue weighted by molar-refractivity contribution is -0.181. The summed E-state index contributed by atoms with van der Waals surface area (Å²) < 4.78 is 67.4. The molecule has 2 amide bonds. The van der Waals surface area contributed by atoms with Crippen molar-refractivity contribution in [3.63, 3.8) is 0 Å². The van der Waals surface area contributed by atoms with Crippen LogP contribution in [0.15, 0.2) is 24.4 Å². The number of amides is 2. The van der Waals surface area contributed by atoms with Crippen LogP contribution in [0.25, 0.3) is 0 Å². The van der Waals surface area contributed by atoms with E-state index in [1.54, 1.807) is 6.07 Å². The number of hydrogen-bond donors (Lipinski definition) is 2. The third kappa shape index (κ3) is 5.74. The molecule has 0 aliphatic rings. The van der Waals surface area contributed by atoms with Crippen molar-refractivity contribution in [3.05, 3.63) is 52.9 Å². The van der Waals surface area contributed by atoms with E-state index < -0.39 is 65.0 Å². The maximum Gasteiger partial charge on any atom is 0.391 e. The van der Waals surface area contributed by atoms with Gasteiger partial charge in [0.25, 0.3) is 17.6 Å². The van der Waals surface area contributed by atoms with E-state index in [1.165, 1.54) is 14.0 Å². The Morgan fingerprint density at radius 2 is 1.82 bits per heavy atom. The zero-order valence-electron chi connectivity index (χ0n) is 17.7. The number of anilines is 1. The molecule has 176 valence electrons. The third-order valence-electron chi connectivity index (χ3n) is 5.08. The maximum atomic E-state index is 14.8. The SMILES string of the molecule is CC(CNC(=O)C(=O)c1cn(C)c(C(=O)Nc2ccc(F)c(C#N)c2)c1F)[C@H](C)C(F)(F)F. The van der Waals surface area contributed by atoms with Crippen LogP contribution in [0.1, 0.15) is 40.3 Å². The minimum absolute atomic E-state index is 0.0167. The molecule has 2 aromatic rings. The van der Waals surface area contributed by atoms with E-state index in [4.69, 9.17) is 5.26 Å². The molecule has 0 spiro atoms. The van der Waals surface area contributed by atoms with Crippen molar-refractivity contribution in [2.75, 3.05) is 11.9 Å². The number of nitriles is 1. The topological polar surface area (TPSA) is 104 Å². The molecule has 0 radical (unpaired) electrons. The van der Waals surface area contributed by atoms with Crippen molar-refractivity contribution in [1.82, 2.24) is 9.88 Å². The van der Waals surface area contributed by atoms with Crippen LogP contribution in [-0.2, 0) is 11.8 Å². The first-order valence-electron chi connectivity index (χ1n) is 9.53. The smallest absolute Gasteiger partial charge is 0.349 e. The number of hydrogen-bond acceptors (Lipinski definition) is 4. The highest BCUT2D eigenvalue weighted by Crippen LogP contribution is 2.31. The van der Waals surface area contributed by atoms with Gasteiger partial charge >= 0.3 is 6.18 Å². The minimum atomic E-state index is -4.49. The van der Waals surface area contributed by atoms with Crippen LogP contribution in [0.3, 0.4) is 0 Å². The van der Waals surface area contributed by atoms with Crippen molar-refractivity contribution in [2.45, 2.75) is 20.0 Å². The van der Waals surface area contributed by atoms with Crippen molar-refractivity contribution < 1.29 is 36.3 Å². The molecule has 1 heterocycles. The number of aromatic nitrogens is 1. The summed E-state index contributed by atoms with van der Waals surface area (Å²) >= 11 is 0. The molecule has 0 saturated heterocycles. The van der Waals surface area contributed by atoms with E-state index in [0.717, 1.165) is 35.9 Å². The number of Topliss-reactive ketones (excluding diaryl/α,β-unsaturated/α-hetero) is 1. The summed E-state index contributed by atoms with van der Waals surface area (Å²) in [6.07, 6.45) is -3.60. The largest absolute Gasteiger partial charge is 0.391 e. The maximum absolute atomic E-state index is 14.8. The van der Waals surface area contributed by atoms with Crippen molar-refractivity contribution in [2.24, 2.45) is 18.9 Å². The molecule has 0 bridgehead atoms. The van der Waals surface area contributed by atoms with E-state index in [2.05, 4.69) is 5.32 Å². The van der Waals surface area contributed by atoms with Crippen LogP contribution in [0, 0.1) is 34.8 Å². The Hall–Kier alpha value is -3.75. The van der Waals surface area contributed by atoms with Gasteiger partial charge in [0.1, 0.15) is 17.6 Å². The third-order valence-corrected chi connectivity index (χ3v) is 5.08. The normalized spacial score (nSPS) is 13.1. The number of aryl methyl sites for hydroxylation is 1. The first-order chi connectivity index (χ1) is 15.3. The standard InChI is InChI=1S/C21H19F5N4O3/c1-10(11(2)21(24,25)26)8-28-20(33)18(31)14-9-30(3)17(16(14)23)19(32)29-13-4-5-15(22)12(6-13)7-27/h4-6,9-11H,8H2,1-3H3,(H,28,33)(H,29,32)/t10?,11-/m0/s1. The fourth-order valence-electron chi connectivity index (χ4n) is 2.85. The molecule has 2 rings (SSSR count). The quantitative estimate of drug-likeness (QED) is 0.367. The summed E-state index contributed by atoms with van der Waals surface area (Å²) in [6, 6.07) is 4.67. The Labute approximate surface area is 185 Å². The van der Waals surface area contributed by atoms with Crippen molar-refractivity contribution in [3.8, 4) is 6.07 Å². The van der Waals surface area contributed by atoms with E-state index in [1.807, 2.05) is 5.32 Å². The monoisotopic (exact) mass is 470 g/mol. The molecule has 1 unspecified atom stereocenters. The predicted octanol–water partition coefficient (Wildman–Crippen LogP) is 3.56. The number of alkyl halides is 3. The van der Waals surface area contributed by atoms with E-state index >= 15 is 0 Å². The molecule has 7 nitrogen and oxygen atoms in total. The lowest BCUT2D eigenvalue weighted by Crippen LogP contribution is -2.38. The highest BCUT2D eigenvalue weighted by atomic mass is 19.4. The molecule has 0 aliphatic heterocycles. The zero-order chi connectivity index (χ0) is 25.1. The molecule has 12 heteroatoms. The van der Waals surface area contributed by atoms with Gasteiger partial charge in [-0.3, -0.25) is 14.4 Å². The van der Waals surface area contributed by atoms with E-state index in [-0.39, 0.29) is 11.3 Å². The number of carbonyl (C=O) groups is 3. The van der Waals surface area contributed by atoms with Gasteiger partial charge < -0.3 is 15.2 Å². The number of halogens is 5. The molecule has 2 atom stereocenters. The second-order valence-corrected chi connectivity index (χ2v) is 7.42. The van der Waals surface area contributed by atoms with Gasteiger partial charge in [-0.05, 0) is 24.1 Å². The van der Waals surface area contributed by atoms with Gasteiger partial charge in [-0.1, -0.05) is 13.8 Å². The molecule has 0 aliphatic carbocycles. The summed E-state index contributed by atoms with van der Waals surface area (Å²) in [5.41, 5.74) is -1.76. The summed E-state index contributed by atoms with van der Waals surface area (Å²) in [7, 11) is 1.23. The number of benzene rings is 1. The molecule has 2 N–H and O–H groups in total. The molecule has 33 heavy (non-hydrogen) atoms. The summed E-state index contributed by atoms with van der Waals surface area (Å²) in [5, 5.41) is 13.1. The molecule has 0 fully saturated rings. The Balaban J connectivity index is 2.16. The second-order valence-electron chi connectivity index (χ2n) is 7.42. The van der Waals surface area contributed by atoms with Gasteiger partial charge in [-0.2, -0.15) is 18.4 Å². The number of nitrogens with one attached hydrogen (secondary N) is 2. The summed E-state index contributed by atoms with van der Waals surface area (Å²) in [6.45, 7) is 1.70. The summed E-state index contributed by atoms with van der Waals surface area (Å²) in [4.78, 5) is 36.9. The lowest BCUT2D eigenvalue weighted by Gasteiger charge is -2.22. The van der Waals surface area contributed by atoms with Crippen LogP contribution in [0.4, 0.5) is 27.6 Å². The van der Waals surface area contributed by atoms with Gasteiger partial charge in [0, 0.05) is 25.5 Å². The van der Waals surface area contributed by atoms with Crippen LogP contribution in [-0.4, -0.2) is 34.9 Å². The average molecular weight is 470 g/mol. The minimum Gasteiger partial charge on any atom is -0.349 e.